The molecule has 1 saturated carbocycles. The van der Waals surface area contributed by atoms with Crippen molar-refractivity contribution in [3.63, 3.8) is 0 Å². The Morgan fingerprint density at radius 3 is 2.89 bits per heavy atom. The molecular weight excluding hydrogens is 280 g/mol. The van der Waals surface area contributed by atoms with E-state index in [0.717, 1.165) is 42.1 Å². The van der Waals surface area contributed by atoms with E-state index in [1.807, 2.05) is 12.3 Å². The maximum Gasteiger partial charge on any atom is 0.230 e. The Bertz CT molecular complexity index is 415. The molecule has 1 aromatic heterocycles. The average molecular weight is 300 g/mol. The summed E-state index contributed by atoms with van der Waals surface area (Å²) in [6.07, 6.45) is 3.22. The van der Waals surface area contributed by atoms with Gasteiger partial charge in [0.15, 0.2) is 0 Å². The second kappa shape index (κ2) is 7.26. The van der Waals surface area contributed by atoms with Crippen LogP contribution in [-0.2, 0) is 10.5 Å². The fraction of sp³-hybridized carbons (Fsp3) is 0.692. The highest BCUT2D eigenvalue weighted by molar-refractivity contribution is 7.99. The predicted octanol–water partition coefficient (Wildman–Crippen LogP) is 2.10. The van der Waals surface area contributed by atoms with Crippen LogP contribution in [0.1, 0.15) is 36.4 Å². The van der Waals surface area contributed by atoms with E-state index in [9.17, 15) is 9.90 Å². The van der Waals surface area contributed by atoms with E-state index in [-0.39, 0.29) is 18.1 Å². The lowest BCUT2D eigenvalue weighted by molar-refractivity contribution is -0.119. The molecule has 106 valence electrons. The third-order valence-electron chi connectivity index (χ3n) is 3.21. The zero-order valence-corrected chi connectivity index (χ0v) is 12.7. The van der Waals surface area contributed by atoms with Crippen LogP contribution in [0.15, 0.2) is 5.38 Å². The number of aliphatic hydroxyl groups excluding tert-OH is 1. The normalized spacial score (nSPS) is 23.3. The zero-order chi connectivity index (χ0) is 13.7. The molecule has 19 heavy (non-hydrogen) atoms. The Morgan fingerprint density at radius 2 is 2.26 bits per heavy atom. The van der Waals surface area contributed by atoms with Crippen LogP contribution in [0.25, 0.3) is 0 Å². The minimum Gasteiger partial charge on any atom is -0.393 e. The Morgan fingerprint density at radius 1 is 1.53 bits per heavy atom. The molecule has 0 spiro atoms. The van der Waals surface area contributed by atoms with E-state index in [1.54, 1.807) is 23.1 Å². The van der Waals surface area contributed by atoms with Crippen molar-refractivity contribution >= 4 is 29.0 Å². The fourth-order valence-electron chi connectivity index (χ4n) is 2.21. The maximum absolute atomic E-state index is 11.8. The van der Waals surface area contributed by atoms with E-state index in [0.29, 0.717) is 5.75 Å². The maximum atomic E-state index is 11.8. The molecule has 0 aliphatic heterocycles. The van der Waals surface area contributed by atoms with Gasteiger partial charge in [-0.15, -0.1) is 23.1 Å². The molecule has 0 saturated heterocycles. The van der Waals surface area contributed by atoms with Crippen molar-refractivity contribution in [2.75, 3.05) is 5.75 Å². The summed E-state index contributed by atoms with van der Waals surface area (Å²) in [5.74, 6) is 1.37. The van der Waals surface area contributed by atoms with Crippen molar-refractivity contribution in [1.82, 2.24) is 10.3 Å². The second-order valence-electron chi connectivity index (χ2n) is 4.92. The van der Waals surface area contributed by atoms with Crippen molar-refractivity contribution in [1.29, 1.82) is 0 Å². The summed E-state index contributed by atoms with van der Waals surface area (Å²) >= 11 is 3.24. The minimum atomic E-state index is -0.171. The first-order valence-electron chi connectivity index (χ1n) is 6.59. The Kier molecular flexibility index (Phi) is 5.66. The van der Waals surface area contributed by atoms with Crippen LogP contribution < -0.4 is 5.32 Å². The number of hydrogen-bond donors (Lipinski definition) is 2. The molecular formula is C13H20N2O2S2. The molecule has 4 nitrogen and oxygen atoms in total. The number of nitrogens with zero attached hydrogens (tertiary/aromatic N) is 1. The number of aryl methyl sites for hydroxylation is 1. The number of rotatable bonds is 5. The van der Waals surface area contributed by atoms with Gasteiger partial charge in [-0.1, -0.05) is 0 Å². The highest BCUT2D eigenvalue weighted by Crippen LogP contribution is 2.19. The van der Waals surface area contributed by atoms with E-state index in [4.69, 9.17) is 0 Å². The number of amides is 1. The molecule has 2 N–H and O–H groups in total. The van der Waals surface area contributed by atoms with E-state index in [1.165, 1.54) is 0 Å². The lowest BCUT2D eigenvalue weighted by atomic mass is 9.93. The van der Waals surface area contributed by atoms with Crippen LogP contribution in [0, 0.1) is 6.92 Å². The molecule has 1 fully saturated rings. The van der Waals surface area contributed by atoms with Crippen molar-refractivity contribution in [3.8, 4) is 0 Å². The molecule has 0 bridgehead atoms. The Balaban J connectivity index is 1.62. The third-order valence-corrected chi connectivity index (χ3v) is 5.00. The molecule has 1 heterocycles. The minimum absolute atomic E-state index is 0.0957. The molecule has 2 rings (SSSR count). The van der Waals surface area contributed by atoms with Crippen molar-refractivity contribution < 1.29 is 9.90 Å². The van der Waals surface area contributed by atoms with Crippen LogP contribution in [-0.4, -0.2) is 33.9 Å². The summed E-state index contributed by atoms with van der Waals surface area (Å²) in [4.78, 5) is 16.1. The van der Waals surface area contributed by atoms with Crippen LogP contribution in [0.3, 0.4) is 0 Å². The van der Waals surface area contributed by atoms with Crippen LogP contribution in [0.2, 0.25) is 0 Å². The summed E-state index contributed by atoms with van der Waals surface area (Å²) in [7, 11) is 0. The molecule has 1 aliphatic rings. The molecule has 1 aliphatic carbocycles. The topological polar surface area (TPSA) is 62.2 Å². The van der Waals surface area contributed by atoms with E-state index in [2.05, 4.69) is 10.3 Å². The number of thiazole rings is 1. The summed E-state index contributed by atoms with van der Waals surface area (Å²) in [5.41, 5.74) is 1.06. The van der Waals surface area contributed by atoms with Crippen LogP contribution >= 0.6 is 23.1 Å². The Hall–Kier alpha value is -0.590. The van der Waals surface area contributed by atoms with Gasteiger partial charge in [-0.3, -0.25) is 4.79 Å². The summed E-state index contributed by atoms with van der Waals surface area (Å²) in [6.45, 7) is 1.99. The predicted molar refractivity (Wildman–Crippen MR) is 79.4 cm³/mol. The van der Waals surface area contributed by atoms with Crippen LogP contribution in [0.4, 0.5) is 0 Å². The van der Waals surface area contributed by atoms with Gasteiger partial charge in [0.2, 0.25) is 5.91 Å². The van der Waals surface area contributed by atoms with Gasteiger partial charge in [-0.2, -0.15) is 0 Å². The van der Waals surface area contributed by atoms with Gasteiger partial charge in [0.25, 0.3) is 0 Å². The first-order valence-corrected chi connectivity index (χ1v) is 8.63. The number of carbonyl (C=O) groups is 1. The molecule has 6 heteroatoms. The molecule has 1 aromatic rings. The van der Waals surface area contributed by atoms with Gasteiger partial charge in [-0.25, -0.2) is 4.98 Å². The smallest absolute Gasteiger partial charge is 0.230 e. The van der Waals surface area contributed by atoms with Crippen LogP contribution in [0.5, 0.6) is 0 Å². The van der Waals surface area contributed by atoms with Crippen molar-refractivity contribution in [2.24, 2.45) is 0 Å². The van der Waals surface area contributed by atoms with Gasteiger partial charge in [0.05, 0.1) is 22.6 Å². The molecule has 0 radical (unpaired) electrons. The average Bonchev–Trinajstić information content (AvgIpc) is 2.78. The monoisotopic (exact) mass is 300 g/mol. The molecule has 1 amide bonds. The van der Waals surface area contributed by atoms with Gasteiger partial charge < -0.3 is 10.4 Å². The molecule has 0 unspecified atom stereocenters. The molecule has 0 atom stereocenters. The number of aliphatic hydroxyl groups is 1. The summed E-state index contributed by atoms with van der Waals surface area (Å²) < 4.78 is 0. The quantitative estimate of drug-likeness (QED) is 0.874. The number of aromatic nitrogens is 1. The zero-order valence-electron chi connectivity index (χ0n) is 11.1. The van der Waals surface area contributed by atoms with Crippen molar-refractivity contribution in [3.05, 3.63) is 16.1 Å². The fourth-order valence-corrected chi connectivity index (χ4v) is 3.66. The SMILES string of the molecule is Cc1nc(CSCC(=O)NC2CCC(O)CC2)cs1. The standard InChI is InChI=1S/C13H20N2O2S2/c1-9-14-11(7-19-9)6-18-8-13(17)15-10-2-4-12(16)5-3-10/h7,10,12,16H,2-6,8H2,1H3,(H,15,17). The third kappa shape index (κ3) is 5.12. The number of hydrogen-bond acceptors (Lipinski definition) is 5. The van der Waals surface area contributed by atoms with Gasteiger partial charge in [0.1, 0.15) is 0 Å². The summed E-state index contributed by atoms with van der Waals surface area (Å²) in [5, 5.41) is 15.6. The first kappa shape index (κ1) is 14.8. The van der Waals surface area contributed by atoms with Gasteiger partial charge >= 0.3 is 0 Å². The number of nitrogens with one attached hydrogen (secondary N) is 1. The molecule has 0 aromatic carbocycles. The number of thioether (sulfide) groups is 1. The highest BCUT2D eigenvalue weighted by atomic mass is 32.2. The van der Waals surface area contributed by atoms with Gasteiger partial charge in [-0.05, 0) is 32.6 Å². The second-order valence-corrected chi connectivity index (χ2v) is 6.97. The van der Waals surface area contributed by atoms with E-state index >= 15 is 0 Å². The van der Waals surface area contributed by atoms with E-state index < -0.39 is 0 Å². The first-order chi connectivity index (χ1) is 9.13. The lowest BCUT2D eigenvalue weighted by Gasteiger charge is -2.26. The Labute approximate surface area is 122 Å². The highest BCUT2D eigenvalue weighted by Gasteiger charge is 2.20. The van der Waals surface area contributed by atoms with Crippen molar-refractivity contribution in [2.45, 2.75) is 50.5 Å². The number of carbonyl (C=O) groups excluding carboxylic acids is 1. The lowest BCUT2D eigenvalue weighted by Crippen LogP contribution is -2.39. The van der Waals surface area contributed by atoms with Gasteiger partial charge in [0, 0.05) is 17.2 Å². The summed E-state index contributed by atoms with van der Waals surface area (Å²) in [6, 6.07) is 0.248. The largest absolute Gasteiger partial charge is 0.393 e.